The van der Waals surface area contributed by atoms with Crippen molar-refractivity contribution in [2.24, 2.45) is 0 Å². The molecule has 16 heavy (non-hydrogen) atoms. The molecule has 0 aliphatic heterocycles. The molecule has 0 fully saturated rings. The first-order valence-corrected chi connectivity index (χ1v) is 5.77. The fraction of sp³-hybridized carbons (Fsp3) is 1.00. The van der Waals surface area contributed by atoms with Crippen LogP contribution >= 0.6 is 0 Å². The first-order valence-electron chi connectivity index (χ1n) is 5.77. The average Bonchev–Trinajstić information content (AvgIpc) is 1.79. The Hall–Kier alpha value is 1.28. The van der Waals surface area contributed by atoms with Gasteiger partial charge < -0.3 is 10.6 Å². The minimum atomic E-state index is 0. The van der Waals surface area contributed by atoms with E-state index in [4.69, 9.17) is 0 Å². The summed E-state index contributed by atoms with van der Waals surface area (Å²) in [5, 5.41) is 6.61. The van der Waals surface area contributed by atoms with Crippen molar-refractivity contribution < 1.29 is 0 Å². The standard InChI is InChI=1S/2C6H15N.Li.Mg.2H/c2*1-5(2)7-6(3)4;;;;/h2*5-7H,1-4H3;;;;. The molecule has 0 aromatic carbocycles. The van der Waals surface area contributed by atoms with Gasteiger partial charge in [-0.05, 0) is 0 Å². The summed E-state index contributed by atoms with van der Waals surface area (Å²) in [4.78, 5) is 0. The van der Waals surface area contributed by atoms with Crippen molar-refractivity contribution in [1.82, 2.24) is 10.6 Å². The summed E-state index contributed by atoms with van der Waals surface area (Å²) in [6.07, 6.45) is 0. The molecule has 0 aliphatic carbocycles. The monoisotopic (exact) mass is 235 g/mol. The van der Waals surface area contributed by atoms with E-state index in [1.54, 1.807) is 0 Å². The maximum Gasteiger partial charge on any atom is 0.316 e. The molecule has 0 unspecified atom stereocenters. The Labute approximate surface area is 131 Å². The minimum absolute atomic E-state index is 0. The Morgan fingerprint density at radius 3 is 0.625 bits per heavy atom. The second-order valence-electron chi connectivity index (χ2n) is 4.95. The molecule has 93 valence electrons. The molecule has 0 heterocycles. The Bertz CT molecular complexity index is 91.6. The van der Waals surface area contributed by atoms with Crippen LogP contribution in [0.25, 0.3) is 0 Å². The second kappa shape index (κ2) is 16.3. The summed E-state index contributed by atoms with van der Waals surface area (Å²) in [5.74, 6) is 0. The fourth-order valence-corrected chi connectivity index (χ4v) is 1.33. The van der Waals surface area contributed by atoms with E-state index in [1.165, 1.54) is 0 Å². The molecule has 0 aromatic heterocycles. The smallest absolute Gasteiger partial charge is 0.312 e. The molecule has 1 radical (unpaired) electrons. The summed E-state index contributed by atoms with van der Waals surface area (Å²) in [5.41, 5.74) is 0. The zero-order chi connectivity index (χ0) is 11.7. The first kappa shape index (κ1) is 26.0. The predicted molar refractivity (Wildman–Crippen MR) is 81.1 cm³/mol. The van der Waals surface area contributed by atoms with Gasteiger partial charge in [0.1, 0.15) is 0 Å². The molecule has 0 saturated carbocycles. The Morgan fingerprint density at radius 1 is 0.500 bits per heavy atom. The van der Waals surface area contributed by atoms with Gasteiger partial charge in [-0.15, -0.1) is 0 Å². The third-order valence-electron chi connectivity index (χ3n) is 1.33. The molecule has 0 amide bonds. The van der Waals surface area contributed by atoms with Crippen LogP contribution in [0.3, 0.4) is 0 Å². The fourth-order valence-electron chi connectivity index (χ4n) is 1.33. The number of hydrogen-bond donors (Lipinski definition) is 2. The molecule has 0 aliphatic rings. The summed E-state index contributed by atoms with van der Waals surface area (Å²) in [7, 11) is 0. The quantitative estimate of drug-likeness (QED) is 0.722. The van der Waals surface area contributed by atoms with Crippen LogP contribution in [0, 0.1) is 0 Å². The number of rotatable bonds is 4. The van der Waals surface area contributed by atoms with Crippen molar-refractivity contribution in [3.8, 4) is 0 Å². The molecular weight excluding hydrogens is 203 g/mol. The van der Waals surface area contributed by atoms with E-state index in [0.29, 0.717) is 24.2 Å². The zero-order valence-corrected chi connectivity index (χ0v) is 12.3. The summed E-state index contributed by atoms with van der Waals surface area (Å²) in [6, 6.07) is 2.50. The van der Waals surface area contributed by atoms with E-state index in [9.17, 15) is 0 Å². The molecule has 2 nitrogen and oxygen atoms in total. The molecule has 0 atom stereocenters. The van der Waals surface area contributed by atoms with Gasteiger partial charge >= 0.3 is 23.1 Å². The topological polar surface area (TPSA) is 24.1 Å². The molecule has 0 rings (SSSR count). The van der Waals surface area contributed by atoms with E-state index in [2.05, 4.69) is 66.0 Å². The largest absolute Gasteiger partial charge is 0.316 e. The predicted octanol–water partition coefficient (Wildman–Crippen LogP) is 1.49. The SMILES string of the molecule is CC(C)NC(C)C.CC(C)NC(C)C.[Li].[MgH2]. The van der Waals surface area contributed by atoms with Crippen LogP contribution in [0.1, 0.15) is 55.4 Å². The molecule has 0 spiro atoms. The average molecular weight is 236 g/mol. The van der Waals surface area contributed by atoms with Crippen molar-refractivity contribution in [3.05, 3.63) is 0 Å². The van der Waals surface area contributed by atoms with E-state index in [-0.39, 0.29) is 41.9 Å². The van der Waals surface area contributed by atoms with Gasteiger partial charge in [0.25, 0.3) is 0 Å². The molecular formula is C12H32LiMgN2. The third kappa shape index (κ3) is 36.2. The van der Waals surface area contributed by atoms with Crippen LogP contribution in [0.15, 0.2) is 0 Å². The molecule has 4 heteroatoms. The first-order chi connectivity index (χ1) is 6.25. The third-order valence-corrected chi connectivity index (χ3v) is 1.33. The van der Waals surface area contributed by atoms with Crippen molar-refractivity contribution in [3.63, 3.8) is 0 Å². The summed E-state index contributed by atoms with van der Waals surface area (Å²) in [6.45, 7) is 17.2. The zero-order valence-electron chi connectivity index (χ0n) is 12.3. The molecule has 0 saturated heterocycles. The van der Waals surface area contributed by atoms with Gasteiger partial charge in [0, 0.05) is 43.0 Å². The van der Waals surface area contributed by atoms with Gasteiger partial charge in [-0.3, -0.25) is 0 Å². The van der Waals surface area contributed by atoms with Gasteiger partial charge in [0.15, 0.2) is 0 Å². The Kier molecular flexibility index (Phi) is 26.4. The van der Waals surface area contributed by atoms with Gasteiger partial charge in [0.05, 0.1) is 0 Å². The van der Waals surface area contributed by atoms with Crippen molar-refractivity contribution in [2.75, 3.05) is 0 Å². The van der Waals surface area contributed by atoms with E-state index >= 15 is 0 Å². The molecule has 0 aromatic rings. The van der Waals surface area contributed by atoms with Gasteiger partial charge in [-0.25, -0.2) is 0 Å². The van der Waals surface area contributed by atoms with Crippen LogP contribution in [0.5, 0.6) is 0 Å². The minimum Gasteiger partial charge on any atom is -0.312 e. The van der Waals surface area contributed by atoms with Gasteiger partial charge in [-0.2, -0.15) is 0 Å². The number of hydrogen-bond acceptors (Lipinski definition) is 2. The van der Waals surface area contributed by atoms with Crippen LogP contribution in [0.4, 0.5) is 0 Å². The second-order valence-corrected chi connectivity index (χ2v) is 4.95. The summed E-state index contributed by atoms with van der Waals surface area (Å²) < 4.78 is 0. The molecule has 0 bridgehead atoms. The van der Waals surface area contributed by atoms with Crippen LogP contribution in [0.2, 0.25) is 0 Å². The van der Waals surface area contributed by atoms with Gasteiger partial charge in [0.2, 0.25) is 0 Å². The normalized spacial score (nSPS) is 9.75. The van der Waals surface area contributed by atoms with Crippen molar-refractivity contribution in [1.29, 1.82) is 0 Å². The molecule has 2 N–H and O–H groups in total. The van der Waals surface area contributed by atoms with Crippen LogP contribution in [-0.2, 0) is 0 Å². The van der Waals surface area contributed by atoms with Gasteiger partial charge in [-0.1, -0.05) is 55.4 Å². The van der Waals surface area contributed by atoms with Crippen LogP contribution in [-0.4, -0.2) is 66.1 Å². The maximum atomic E-state index is 3.31. The summed E-state index contributed by atoms with van der Waals surface area (Å²) >= 11 is 0. The number of nitrogens with one attached hydrogen (secondary N) is 2. The van der Waals surface area contributed by atoms with Crippen LogP contribution < -0.4 is 10.6 Å². The van der Waals surface area contributed by atoms with E-state index in [1.807, 2.05) is 0 Å². The maximum absolute atomic E-state index is 3.31. The van der Waals surface area contributed by atoms with E-state index < -0.39 is 0 Å². The Morgan fingerprint density at radius 2 is 0.625 bits per heavy atom. The van der Waals surface area contributed by atoms with E-state index in [0.717, 1.165) is 0 Å². The Balaban J connectivity index is -0.0000000800. The van der Waals surface area contributed by atoms with Crippen molar-refractivity contribution in [2.45, 2.75) is 79.6 Å². The van der Waals surface area contributed by atoms with Crippen molar-refractivity contribution >= 4 is 41.9 Å².